The molecule has 1 N–H and O–H groups in total. The molecule has 2 heterocycles. The van der Waals surface area contributed by atoms with Crippen molar-refractivity contribution < 1.29 is 22.5 Å². The van der Waals surface area contributed by atoms with Gasteiger partial charge < -0.3 is 10.0 Å². The molecule has 0 aromatic carbocycles. The van der Waals surface area contributed by atoms with E-state index in [0.717, 1.165) is 24.7 Å². The highest BCUT2D eigenvalue weighted by molar-refractivity contribution is 7.85. The zero-order valence-electron chi connectivity index (χ0n) is 11.7. The van der Waals surface area contributed by atoms with Crippen LogP contribution in [0.4, 0.5) is 4.79 Å². The van der Waals surface area contributed by atoms with E-state index in [0.29, 0.717) is 18.8 Å². The van der Waals surface area contributed by atoms with E-state index in [1.807, 2.05) is 6.07 Å². The molecule has 0 radical (unpaired) electrons. The number of carbonyl (C=O) groups is 1. The number of carboxylic acid groups (broad SMARTS) is 1. The van der Waals surface area contributed by atoms with E-state index in [-0.39, 0.29) is 12.5 Å². The minimum absolute atomic E-state index is 0.0728. The number of hydrogen-bond donors (Lipinski definition) is 1. The average molecular weight is 314 g/mol. The first-order valence-electron chi connectivity index (χ1n) is 6.62. The summed E-state index contributed by atoms with van der Waals surface area (Å²) in [6.07, 6.45) is 3.37. The van der Waals surface area contributed by atoms with Crippen molar-refractivity contribution in [1.29, 1.82) is 0 Å². The normalized spacial score (nSPS) is 16.9. The lowest BCUT2D eigenvalue weighted by atomic mass is 9.90. The molecule has 1 aromatic heterocycles. The molecule has 21 heavy (non-hydrogen) atoms. The fourth-order valence-corrected chi connectivity index (χ4v) is 2.67. The topological polar surface area (TPSA) is 96.8 Å². The van der Waals surface area contributed by atoms with Crippen molar-refractivity contribution in [3.05, 3.63) is 29.6 Å². The zero-order valence-corrected chi connectivity index (χ0v) is 12.5. The van der Waals surface area contributed by atoms with Crippen LogP contribution in [0.25, 0.3) is 0 Å². The molecule has 1 aliphatic rings. The van der Waals surface area contributed by atoms with Crippen LogP contribution in [0, 0.1) is 0 Å². The monoisotopic (exact) mass is 314 g/mol. The summed E-state index contributed by atoms with van der Waals surface area (Å²) in [6, 6.07) is 3.64. The summed E-state index contributed by atoms with van der Waals surface area (Å²) in [6.45, 7) is 0.981. The maximum atomic E-state index is 10.9. The molecule has 8 heteroatoms. The summed E-state index contributed by atoms with van der Waals surface area (Å²) in [4.78, 5) is 16.5. The van der Waals surface area contributed by atoms with E-state index in [4.69, 9.17) is 5.11 Å². The van der Waals surface area contributed by atoms with Gasteiger partial charge >= 0.3 is 6.09 Å². The predicted octanol–water partition coefficient (Wildman–Crippen LogP) is 1.42. The number of nitrogens with zero attached hydrogens (tertiary/aromatic N) is 2. The summed E-state index contributed by atoms with van der Waals surface area (Å²) in [5.41, 5.74) is 1.59. The van der Waals surface area contributed by atoms with Gasteiger partial charge in [-0.05, 0) is 30.4 Å². The van der Waals surface area contributed by atoms with E-state index in [1.165, 1.54) is 4.90 Å². The standard InChI is InChI=1S/C13H18N2O5S/c1-21(18,19)20-9-12-3-2-11(8-14-12)10-4-6-15(7-5-10)13(16)17/h2-3,8,10H,4-7,9H2,1H3,(H,16,17). The van der Waals surface area contributed by atoms with Gasteiger partial charge in [-0.2, -0.15) is 8.42 Å². The second kappa shape index (κ2) is 6.40. The molecular formula is C13H18N2O5S. The molecule has 1 saturated heterocycles. The van der Waals surface area contributed by atoms with Crippen LogP contribution in [0.1, 0.15) is 30.0 Å². The summed E-state index contributed by atoms with van der Waals surface area (Å²) in [7, 11) is -3.47. The minimum Gasteiger partial charge on any atom is -0.465 e. The molecule has 0 unspecified atom stereocenters. The molecule has 1 amide bonds. The van der Waals surface area contributed by atoms with Crippen molar-refractivity contribution in [2.45, 2.75) is 25.4 Å². The van der Waals surface area contributed by atoms with Crippen molar-refractivity contribution in [2.24, 2.45) is 0 Å². The fourth-order valence-electron chi connectivity index (χ4n) is 2.33. The van der Waals surface area contributed by atoms with Gasteiger partial charge in [0, 0.05) is 19.3 Å². The fraction of sp³-hybridized carbons (Fsp3) is 0.538. The van der Waals surface area contributed by atoms with E-state index in [9.17, 15) is 13.2 Å². The molecule has 1 aromatic rings. The zero-order chi connectivity index (χ0) is 15.5. The van der Waals surface area contributed by atoms with Crippen molar-refractivity contribution >= 4 is 16.2 Å². The van der Waals surface area contributed by atoms with Crippen LogP contribution >= 0.6 is 0 Å². The molecule has 0 atom stereocenters. The highest BCUT2D eigenvalue weighted by atomic mass is 32.2. The average Bonchev–Trinajstić information content (AvgIpc) is 2.45. The van der Waals surface area contributed by atoms with Crippen LogP contribution in [0.3, 0.4) is 0 Å². The van der Waals surface area contributed by atoms with Crippen molar-refractivity contribution in [3.63, 3.8) is 0 Å². The Hall–Kier alpha value is -1.67. The number of rotatable bonds is 4. The van der Waals surface area contributed by atoms with E-state index in [2.05, 4.69) is 9.17 Å². The SMILES string of the molecule is CS(=O)(=O)OCc1ccc(C2CCN(C(=O)O)CC2)cn1. The van der Waals surface area contributed by atoms with Crippen LogP contribution in [-0.4, -0.2) is 48.8 Å². The van der Waals surface area contributed by atoms with Gasteiger partial charge in [-0.15, -0.1) is 0 Å². The van der Waals surface area contributed by atoms with Crippen LogP contribution in [-0.2, 0) is 20.9 Å². The summed E-state index contributed by atoms with van der Waals surface area (Å²) in [5, 5.41) is 8.91. The molecule has 1 fully saturated rings. The summed E-state index contributed by atoms with van der Waals surface area (Å²) >= 11 is 0. The first kappa shape index (κ1) is 15.7. The second-order valence-electron chi connectivity index (χ2n) is 5.09. The Morgan fingerprint density at radius 1 is 1.43 bits per heavy atom. The molecule has 0 saturated carbocycles. The van der Waals surface area contributed by atoms with Crippen molar-refractivity contribution in [3.8, 4) is 0 Å². The molecule has 0 bridgehead atoms. The van der Waals surface area contributed by atoms with Gasteiger partial charge in [0.2, 0.25) is 0 Å². The molecule has 0 aliphatic carbocycles. The van der Waals surface area contributed by atoms with Gasteiger partial charge in [-0.25, -0.2) is 4.79 Å². The van der Waals surface area contributed by atoms with Crippen molar-refractivity contribution in [2.75, 3.05) is 19.3 Å². The number of aromatic nitrogens is 1. The Morgan fingerprint density at radius 3 is 2.57 bits per heavy atom. The predicted molar refractivity (Wildman–Crippen MR) is 75.4 cm³/mol. The second-order valence-corrected chi connectivity index (χ2v) is 6.74. The number of likely N-dealkylation sites (tertiary alicyclic amines) is 1. The van der Waals surface area contributed by atoms with Crippen LogP contribution < -0.4 is 0 Å². The lowest BCUT2D eigenvalue weighted by Gasteiger charge is -2.30. The van der Waals surface area contributed by atoms with Gasteiger partial charge in [-0.1, -0.05) is 6.07 Å². The maximum Gasteiger partial charge on any atom is 0.407 e. The van der Waals surface area contributed by atoms with Gasteiger partial charge in [0.15, 0.2) is 0 Å². The molecule has 116 valence electrons. The highest BCUT2D eigenvalue weighted by Gasteiger charge is 2.23. The summed E-state index contributed by atoms with van der Waals surface area (Å²) < 4.78 is 26.5. The van der Waals surface area contributed by atoms with Crippen LogP contribution in [0.15, 0.2) is 18.3 Å². The lowest BCUT2D eigenvalue weighted by molar-refractivity contribution is 0.132. The lowest BCUT2D eigenvalue weighted by Crippen LogP contribution is -2.36. The minimum atomic E-state index is -3.47. The van der Waals surface area contributed by atoms with Crippen LogP contribution in [0.2, 0.25) is 0 Å². The number of hydrogen-bond acceptors (Lipinski definition) is 5. The van der Waals surface area contributed by atoms with E-state index < -0.39 is 16.2 Å². The Morgan fingerprint density at radius 2 is 2.10 bits per heavy atom. The first-order valence-corrected chi connectivity index (χ1v) is 8.44. The van der Waals surface area contributed by atoms with E-state index in [1.54, 1.807) is 12.3 Å². The van der Waals surface area contributed by atoms with Crippen LogP contribution in [0.5, 0.6) is 0 Å². The summed E-state index contributed by atoms with van der Waals surface area (Å²) in [5.74, 6) is 0.290. The third-order valence-corrected chi connectivity index (χ3v) is 4.05. The molecule has 0 spiro atoms. The Bertz CT molecular complexity index is 591. The van der Waals surface area contributed by atoms with Crippen molar-refractivity contribution in [1.82, 2.24) is 9.88 Å². The number of piperidine rings is 1. The molecule has 2 rings (SSSR count). The molecular weight excluding hydrogens is 296 g/mol. The van der Waals surface area contributed by atoms with E-state index >= 15 is 0 Å². The Balaban J connectivity index is 1.92. The maximum absolute atomic E-state index is 10.9. The number of amides is 1. The van der Waals surface area contributed by atoms with Gasteiger partial charge in [0.25, 0.3) is 10.1 Å². The third-order valence-electron chi connectivity index (χ3n) is 3.51. The Labute approximate surface area is 123 Å². The molecule has 7 nitrogen and oxygen atoms in total. The first-order chi connectivity index (χ1) is 9.85. The molecule has 1 aliphatic heterocycles. The van der Waals surface area contributed by atoms with Gasteiger partial charge in [-0.3, -0.25) is 9.17 Å². The largest absolute Gasteiger partial charge is 0.465 e. The van der Waals surface area contributed by atoms with Gasteiger partial charge in [0.1, 0.15) is 6.61 Å². The highest BCUT2D eigenvalue weighted by Crippen LogP contribution is 2.27. The number of pyridine rings is 1. The quantitative estimate of drug-likeness (QED) is 0.844. The smallest absolute Gasteiger partial charge is 0.407 e. The van der Waals surface area contributed by atoms with Gasteiger partial charge in [0.05, 0.1) is 11.9 Å². The third kappa shape index (κ3) is 4.68. The Kier molecular flexibility index (Phi) is 4.79.